The van der Waals surface area contributed by atoms with Gasteiger partial charge < -0.3 is 15.4 Å². The van der Waals surface area contributed by atoms with Gasteiger partial charge in [0.2, 0.25) is 0 Å². The third kappa shape index (κ3) is 3.86. The molecule has 6 heteroatoms. The summed E-state index contributed by atoms with van der Waals surface area (Å²) in [5.41, 5.74) is 1.79. The van der Waals surface area contributed by atoms with E-state index in [9.17, 15) is 4.79 Å². The maximum atomic E-state index is 12.3. The van der Waals surface area contributed by atoms with Crippen LogP contribution in [0.3, 0.4) is 0 Å². The van der Waals surface area contributed by atoms with Gasteiger partial charge in [-0.25, -0.2) is 9.97 Å². The first-order chi connectivity index (χ1) is 11.7. The lowest BCUT2D eigenvalue weighted by Crippen LogP contribution is -2.14. The molecule has 0 aliphatic heterocycles. The van der Waals surface area contributed by atoms with E-state index in [1.54, 1.807) is 31.4 Å². The molecule has 0 spiro atoms. The summed E-state index contributed by atoms with van der Waals surface area (Å²) in [4.78, 5) is 20.5. The maximum Gasteiger partial charge on any atom is 0.274 e. The second-order valence-corrected chi connectivity index (χ2v) is 4.97. The molecule has 0 saturated carbocycles. The Labute approximate surface area is 139 Å². The minimum absolute atomic E-state index is 0.270. The molecule has 3 aromatic rings. The number of carbonyl (C=O) groups excluding carboxylic acids is 1. The van der Waals surface area contributed by atoms with E-state index >= 15 is 0 Å². The molecule has 1 aromatic heterocycles. The van der Waals surface area contributed by atoms with Crippen LogP contribution in [0.1, 0.15) is 10.5 Å². The monoisotopic (exact) mass is 320 g/mol. The molecule has 0 aliphatic carbocycles. The summed E-state index contributed by atoms with van der Waals surface area (Å²) < 4.78 is 5.14. The highest BCUT2D eigenvalue weighted by atomic mass is 16.5. The topological polar surface area (TPSA) is 76.1 Å². The second kappa shape index (κ2) is 7.23. The number of ether oxygens (including phenoxy) is 1. The average molecular weight is 320 g/mol. The number of rotatable bonds is 5. The molecule has 6 nitrogen and oxygen atoms in total. The fraction of sp³-hybridized carbons (Fsp3) is 0.0556. The summed E-state index contributed by atoms with van der Waals surface area (Å²) in [6, 6.07) is 18.3. The van der Waals surface area contributed by atoms with Crippen LogP contribution in [0.5, 0.6) is 5.75 Å². The third-order valence-electron chi connectivity index (χ3n) is 3.27. The van der Waals surface area contributed by atoms with E-state index in [0.717, 1.165) is 5.69 Å². The van der Waals surface area contributed by atoms with Crippen LogP contribution in [0, 0.1) is 0 Å². The van der Waals surface area contributed by atoms with Gasteiger partial charge in [0.05, 0.1) is 7.11 Å². The molecule has 0 bridgehead atoms. The number of aromatic nitrogens is 2. The van der Waals surface area contributed by atoms with Crippen molar-refractivity contribution >= 4 is 23.1 Å². The number of anilines is 3. The number of methoxy groups -OCH3 is 1. The van der Waals surface area contributed by atoms with Crippen molar-refractivity contribution in [3.05, 3.63) is 72.7 Å². The summed E-state index contributed by atoms with van der Waals surface area (Å²) in [5, 5.41) is 5.92. The summed E-state index contributed by atoms with van der Waals surface area (Å²) in [6.45, 7) is 0. The van der Waals surface area contributed by atoms with Crippen LogP contribution >= 0.6 is 0 Å². The molecule has 0 aliphatic rings. The number of carbonyl (C=O) groups is 1. The molecular weight excluding hydrogens is 304 g/mol. The molecule has 3 rings (SSSR count). The quantitative estimate of drug-likeness (QED) is 0.752. The SMILES string of the molecule is COc1cccc(NC(=O)c2cc(Nc3ccccc3)ncn2)c1. The van der Waals surface area contributed by atoms with E-state index in [-0.39, 0.29) is 11.6 Å². The minimum Gasteiger partial charge on any atom is -0.497 e. The van der Waals surface area contributed by atoms with Crippen molar-refractivity contribution in [2.24, 2.45) is 0 Å². The normalized spacial score (nSPS) is 10.0. The predicted octanol–water partition coefficient (Wildman–Crippen LogP) is 3.48. The molecule has 0 unspecified atom stereocenters. The first-order valence-electron chi connectivity index (χ1n) is 7.34. The van der Waals surface area contributed by atoms with Crippen molar-refractivity contribution in [2.45, 2.75) is 0 Å². The van der Waals surface area contributed by atoms with Crippen LogP contribution in [0.2, 0.25) is 0 Å². The number of para-hydroxylation sites is 1. The van der Waals surface area contributed by atoms with Crippen LogP contribution in [0.4, 0.5) is 17.2 Å². The van der Waals surface area contributed by atoms with E-state index in [1.807, 2.05) is 36.4 Å². The van der Waals surface area contributed by atoms with Gasteiger partial charge in [0.1, 0.15) is 23.6 Å². The second-order valence-electron chi connectivity index (χ2n) is 4.97. The zero-order valence-electron chi connectivity index (χ0n) is 13.1. The van der Waals surface area contributed by atoms with Gasteiger partial charge in [-0.05, 0) is 24.3 Å². The van der Waals surface area contributed by atoms with E-state index in [4.69, 9.17) is 4.74 Å². The number of nitrogens with one attached hydrogen (secondary N) is 2. The fourth-order valence-electron chi connectivity index (χ4n) is 2.12. The van der Waals surface area contributed by atoms with Crippen molar-refractivity contribution < 1.29 is 9.53 Å². The fourth-order valence-corrected chi connectivity index (χ4v) is 2.12. The van der Waals surface area contributed by atoms with E-state index in [0.29, 0.717) is 17.3 Å². The zero-order valence-corrected chi connectivity index (χ0v) is 13.1. The van der Waals surface area contributed by atoms with Crippen LogP contribution < -0.4 is 15.4 Å². The van der Waals surface area contributed by atoms with E-state index < -0.39 is 0 Å². The van der Waals surface area contributed by atoms with Gasteiger partial charge in [0, 0.05) is 23.5 Å². The van der Waals surface area contributed by atoms with Gasteiger partial charge >= 0.3 is 0 Å². The number of benzene rings is 2. The molecule has 0 saturated heterocycles. The van der Waals surface area contributed by atoms with Crippen molar-refractivity contribution in [1.82, 2.24) is 9.97 Å². The molecule has 1 amide bonds. The zero-order chi connectivity index (χ0) is 16.8. The number of amides is 1. The van der Waals surface area contributed by atoms with Crippen molar-refractivity contribution in [2.75, 3.05) is 17.7 Å². The van der Waals surface area contributed by atoms with Gasteiger partial charge in [-0.3, -0.25) is 4.79 Å². The van der Waals surface area contributed by atoms with Gasteiger partial charge in [-0.2, -0.15) is 0 Å². The summed E-state index contributed by atoms with van der Waals surface area (Å²) in [6.07, 6.45) is 1.35. The summed E-state index contributed by atoms with van der Waals surface area (Å²) in [7, 11) is 1.58. The molecule has 0 atom stereocenters. The number of nitrogens with zero attached hydrogens (tertiary/aromatic N) is 2. The first-order valence-corrected chi connectivity index (χ1v) is 7.34. The molecule has 0 fully saturated rings. The number of hydrogen-bond acceptors (Lipinski definition) is 5. The van der Waals surface area contributed by atoms with Crippen molar-refractivity contribution in [3.63, 3.8) is 0 Å². The van der Waals surface area contributed by atoms with Gasteiger partial charge in [0.15, 0.2) is 0 Å². The smallest absolute Gasteiger partial charge is 0.274 e. The molecule has 1 heterocycles. The highest BCUT2D eigenvalue weighted by Gasteiger charge is 2.10. The average Bonchev–Trinajstić information content (AvgIpc) is 2.63. The molecule has 0 radical (unpaired) electrons. The molecule has 2 N–H and O–H groups in total. The Kier molecular flexibility index (Phi) is 4.67. The summed E-state index contributed by atoms with van der Waals surface area (Å²) in [5.74, 6) is 0.899. The lowest BCUT2D eigenvalue weighted by atomic mass is 10.2. The van der Waals surface area contributed by atoms with Gasteiger partial charge in [-0.1, -0.05) is 24.3 Å². The molecular formula is C18H16N4O2. The van der Waals surface area contributed by atoms with Crippen molar-refractivity contribution in [3.8, 4) is 5.75 Å². The highest BCUT2D eigenvalue weighted by molar-refractivity contribution is 6.03. The lowest BCUT2D eigenvalue weighted by molar-refractivity contribution is 0.102. The summed E-state index contributed by atoms with van der Waals surface area (Å²) >= 11 is 0. The standard InChI is InChI=1S/C18H16N4O2/c1-24-15-9-5-8-14(10-15)22-18(23)16-11-17(20-12-19-16)21-13-6-3-2-4-7-13/h2-12H,1H3,(H,22,23)(H,19,20,21). The Bertz CT molecular complexity index is 837. The van der Waals surface area contributed by atoms with Crippen LogP contribution in [0.15, 0.2) is 67.0 Å². The van der Waals surface area contributed by atoms with Gasteiger partial charge in [-0.15, -0.1) is 0 Å². The third-order valence-corrected chi connectivity index (χ3v) is 3.27. The molecule has 24 heavy (non-hydrogen) atoms. The first kappa shape index (κ1) is 15.5. The molecule has 120 valence electrons. The van der Waals surface area contributed by atoms with E-state index in [1.165, 1.54) is 6.33 Å². The number of hydrogen-bond donors (Lipinski definition) is 2. The van der Waals surface area contributed by atoms with Crippen LogP contribution in [0.25, 0.3) is 0 Å². The Morgan fingerprint density at radius 1 is 0.958 bits per heavy atom. The van der Waals surface area contributed by atoms with Gasteiger partial charge in [0.25, 0.3) is 5.91 Å². The van der Waals surface area contributed by atoms with E-state index in [2.05, 4.69) is 20.6 Å². The minimum atomic E-state index is -0.318. The Balaban J connectivity index is 1.74. The Morgan fingerprint density at radius 3 is 2.54 bits per heavy atom. The largest absolute Gasteiger partial charge is 0.497 e. The van der Waals surface area contributed by atoms with Crippen LogP contribution in [-0.4, -0.2) is 23.0 Å². The lowest BCUT2D eigenvalue weighted by Gasteiger charge is -2.08. The van der Waals surface area contributed by atoms with Crippen molar-refractivity contribution in [1.29, 1.82) is 0 Å². The Morgan fingerprint density at radius 2 is 1.75 bits per heavy atom. The highest BCUT2D eigenvalue weighted by Crippen LogP contribution is 2.18. The molecule has 2 aromatic carbocycles. The predicted molar refractivity (Wildman–Crippen MR) is 92.7 cm³/mol. The Hall–Kier alpha value is -3.41. The maximum absolute atomic E-state index is 12.3. The van der Waals surface area contributed by atoms with Crippen LogP contribution in [-0.2, 0) is 0 Å².